The van der Waals surface area contributed by atoms with Gasteiger partial charge in [0.05, 0.1) is 15.8 Å². The van der Waals surface area contributed by atoms with Crippen molar-refractivity contribution in [2.75, 3.05) is 37.2 Å². The van der Waals surface area contributed by atoms with Crippen LogP contribution in [0.3, 0.4) is 0 Å². The van der Waals surface area contributed by atoms with Crippen LogP contribution in [-0.4, -0.2) is 37.2 Å². The minimum absolute atomic E-state index is 0.325. The highest BCUT2D eigenvalue weighted by molar-refractivity contribution is 8.00. The molecule has 8 heteroatoms. The summed E-state index contributed by atoms with van der Waals surface area (Å²) in [6.45, 7) is 1.51. The predicted molar refractivity (Wildman–Crippen MR) is 338 cm³/mol. The summed E-state index contributed by atoms with van der Waals surface area (Å²) >= 11 is 3.77. The maximum Gasteiger partial charge on any atom is 0.156 e. The number of terminal acetylenes is 1. The van der Waals surface area contributed by atoms with Crippen LogP contribution in [0.15, 0.2) is 303 Å². The number of hydrogen-bond acceptors (Lipinski definition) is 6. The van der Waals surface area contributed by atoms with Gasteiger partial charge in [0.1, 0.15) is 7.14 Å². The summed E-state index contributed by atoms with van der Waals surface area (Å²) in [4.78, 5) is 0. The molecule has 0 radical (unpaired) electrons. The lowest BCUT2D eigenvalue weighted by molar-refractivity contribution is 0.583. The van der Waals surface area contributed by atoms with Crippen molar-refractivity contribution in [1.29, 1.82) is 0 Å². The van der Waals surface area contributed by atoms with Crippen LogP contribution in [-0.2, 0) is 18.6 Å². The highest BCUT2D eigenvalue weighted by atomic mass is 32.2. The molecule has 0 unspecified atom stereocenters. The van der Waals surface area contributed by atoms with Gasteiger partial charge in [0.15, 0.2) is 7.14 Å². The Hall–Kier alpha value is -7.16. The molecule has 0 aliphatic carbocycles. The standard InChI is InChI=1S/C35H34NOPS.C33H30NOPS.C2H2/c37-38(33-22-12-4-13-23-33,34-24-14-5-15-25-34)28-26-36-27-29-39-35(30-16-6-1-7-17-30,31-18-8-2-9-19-31)32-20-10-3-11-21-32;35-36(31-22-12-4-13-23-31,32-24-14-5-15-25-32)26-34-27-37-33(28-16-6-1-7-17-28,29-18-8-2-9-19-29)30-20-10-3-11-21-30;1-2/h1-25,36H,26-29H2;1-25,34H,26-27H2;1-2H. The minimum Gasteiger partial charge on any atom is -0.315 e. The van der Waals surface area contributed by atoms with Gasteiger partial charge in [-0.1, -0.05) is 303 Å². The molecule has 78 heavy (non-hydrogen) atoms. The largest absolute Gasteiger partial charge is 0.315 e. The summed E-state index contributed by atoms with van der Waals surface area (Å²) in [7, 11) is -5.56. The van der Waals surface area contributed by atoms with Gasteiger partial charge in [-0.25, -0.2) is 0 Å². The van der Waals surface area contributed by atoms with Crippen molar-refractivity contribution in [3.63, 3.8) is 0 Å². The third-order valence-electron chi connectivity index (χ3n) is 13.7. The van der Waals surface area contributed by atoms with Gasteiger partial charge in [-0.3, -0.25) is 0 Å². The maximum absolute atomic E-state index is 14.5. The van der Waals surface area contributed by atoms with Gasteiger partial charge >= 0.3 is 0 Å². The fraction of sp³-hybridized carbons (Fsp3) is 0.114. The molecule has 0 aliphatic heterocycles. The quantitative estimate of drug-likeness (QED) is 0.0232. The number of rotatable bonds is 22. The highest BCUT2D eigenvalue weighted by Gasteiger charge is 2.38. The molecule has 10 aromatic rings. The fourth-order valence-corrected chi connectivity index (χ4v) is 17.9. The molecule has 0 saturated carbocycles. The zero-order valence-electron chi connectivity index (χ0n) is 43.8. The van der Waals surface area contributed by atoms with E-state index < -0.39 is 19.0 Å². The van der Waals surface area contributed by atoms with E-state index in [0.29, 0.717) is 24.9 Å². The van der Waals surface area contributed by atoms with E-state index in [0.717, 1.165) is 33.5 Å². The Labute approximate surface area is 472 Å². The number of thioether (sulfide) groups is 2. The lowest BCUT2D eigenvalue weighted by atomic mass is 9.84. The second kappa shape index (κ2) is 29.0. The van der Waals surface area contributed by atoms with Gasteiger partial charge in [0.25, 0.3) is 0 Å². The molecular weight excluding hydrogens is 1030 g/mol. The van der Waals surface area contributed by atoms with Gasteiger partial charge in [-0.05, 0) is 33.4 Å². The van der Waals surface area contributed by atoms with Crippen LogP contribution in [0.2, 0.25) is 0 Å². The first-order chi connectivity index (χ1) is 38.5. The molecular formula is C70H66N2O2P2S2. The highest BCUT2D eigenvalue weighted by Crippen LogP contribution is 2.50. The van der Waals surface area contributed by atoms with E-state index in [1.807, 2.05) is 145 Å². The lowest BCUT2D eigenvalue weighted by Gasteiger charge is -2.35. The van der Waals surface area contributed by atoms with Crippen LogP contribution in [0.25, 0.3) is 0 Å². The summed E-state index contributed by atoms with van der Waals surface area (Å²) < 4.78 is 28.1. The first-order valence-corrected chi connectivity index (χ1v) is 32.0. The third-order valence-corrected chi connectivity index (χ3v) is 22.8. The lowest BCUT2D eigenvalue weighted by Crippen LogP contribution is -2.31. The van der Waals surface area contributed by atoms with Crippen molar-refractivity contribution in [3.8, 4) is 12.8 Å². The Bertz CT molecular complexity index is 3120. The van der Waals surface area contributed by atoms with Crippen LogP contribution >= 0.6 is 37.8 Å². The smallest absolute Gasteiger partial charge is 0.156 e. The predicted octanol–water partition coefficient (Wildman–Crippen LogP) is 14.8. The average Bonchev–Trinajstić information content (AvgIpc) is 3.54. The van der Waals surface area contributed by atoms with E-state index in [1.165, 1.54) is 33.4 Å². The van der Waals surface area contributed by atoms with Gasteiger partial charge in [-0.15, -0.1) is 36.4 Å². The van der Waals surface area contributed by atoms with E-state index >= 15 is 0 Å². The van der Waals surface area contributed by atoms with Crippen LogP contribution < -0.4 is 31.9 Å². The molecule has 0 aromatic heterocycles. The summed E-state index contributed by atoms with van der Waals surface area (Å²) in [5.41, 5.74) is 7.45. The first-order valence-electron chi connectivity index (χ1n) is 26.2. The second-order valence-corrected chi connectivity index (χ2v) is 26.7. The minimum atomic E-state index is -2.85. The summed E-state index contributed by atoms with van der Waals surface area (Å²) in [6, 6.07) is 104. The molecule has 0 bridgehead atoms. The van der Waals surface area contributed by atoms with Crippen LogP contribution in [0, 0.1) is 12.8 Å². The Morgan fingerprint density at radius 3 is 0.833 bits per heavy atom. The Morgan fingerprint density at radius 1 is 0.308 bits per heavy atom. The Kier molecular flexibility index (Phi) is 21.2. The molecule has 390 valence electrons. The van der Waals surface area contributed by atoms with Gasteiger partial charge < -0.3 is 19.8 Å². The molecule has 0 amide bonds. The molecule has 0 spiro atoms. The summed E-state index contributed by atoms with van der Waals surface area (Å²) in [5, 5.41) is 10.8. The van der Waals surface area contributed by atoms with E-state index in [4.69, 9.17) is 0 Å². The van der Waals surface area contributed by atoms with Gasteiger partial charge in [0, 0.05) is 52.1 Å². The van der Waals surface area contributed by atoms with Crippen LogP contribution in [0.1, 0.15) is 33.4 Å². The molecule has 0 heterocycles. The van der Waals surface area contributed by atoms with E-state index in [-0.39, 0.29) is 4.75 Å². The third kappa shape index (κ3) is 13.6. The summed E-state index contributed by atoms with van der Waals surface area (Å²) in [5.74, 6) is 1.53. The molecule has 0 atom stereocenters. The molecule has 0 fully saturated rings. The fourth-order valence-electron chi connectivity index (χ4n) is 9.95. The number of nitrogens with one attached hydrogen (secondary N) is 2. The first kappa shape index (κ1) is 57.0. The number of hydrogen-bond donors (Lipinski definition) is 2. The van der Waals surface area contributed by atoms with E-state index in [1.54, 1.807) is 0 Å². The van der Waals surface area contributed by atoms with Crippen LogP contribution in [0.5, 0.6) is 0 Å². The zero-order chi connectivity index (χ0) is 54.2. The molecule has 2 N–H and O–H groups in total. The molecule has 0 aliphatic rings. The SMILES string of the molecule is C#C.O=P(CCNCCSC(c1ccccc1)(c1ccccc1)c1ccccc1)(c1ccccc1)c1ccccc1.O=P(CNCSC(c1ccccc1)(c1ccccc1)c1ccccc1)(c1ccccc1)c1ccccc1. The van der Waals surface area contributed by atoms with E-state index in [9.17, 15) is 9.13 Å². The van der Waals surface area contributed by atoms with Gasteiger partial charge in [0.2, 0.25) is 0 Å². The second-order valence-electron chi connectivity index (χ2n) is 18.4. The zero-order valence-corrected chi connectivity index (χ0v) is 47.2. The summed E-state index contributed by atoms with van der Waals surface area (Å²) in [6.07, 6.45) is 8.98. The van der Waals surface area contributed by atoms with Crippen molar-refractivity contribution in [3.05, 3.63) is 337 Å². The number of benzene rings is 10. The van der Waals surface area contributed by atoms with Crippen molar-refractivity contribution in [2.24, 2.45) is 0 Å². The molecule has 10 rings (SSSR count). The average molecular weight is 1090 g/mol. The Balaban J connectivity index is 0.000000200. The molecule has 0 saturated heterocycles. The molecule has 4 nitrogen and oxygen atoms in total. The monoisotopic (exact) mass is 1090 g/mol. The molecule has 10 aromatic carbocycles. The topological polar surface area (TPSA) is 58.2 Å². The van der Waals surface area contributed by atoms with Crippen molar-refractivity contribution < 1.29 is 9.13 Å². The van der Waals surface area contributed by atoms with Crippen molar-refractivity contribution >= 4 is 59.0 Å². The Morgan fingerprint density at radius 2 is 0.551 bits per heavy atom. The van der Waals surface area contributed by atoms with E-state index in [2.05, 4.69) is 205 Å². The normalized spacial score (nSPS) is 11.5. The van der Waals surface area contributed by atoms with Gasteiger partial charge in [-0.2, -0.15) is 0 Å². The van der Waals surface area contributed by atoms with Crippen molar-refractivity contribution in [1.82, 2.24) is 10.6 Å². The van der Waals surface area contributed by atoms with Crippen molar-refractivity contribution in [2.45, 2.75) is 9.49 Å². The maximum atomic E-state index is 14.5. The van der Waals surface area contributed by atoms with Crippen LogP contribution in [0.4, 0.5) is 0 Å².